The van der Waals surface area contributed by atoms with Gasteiger partial charge in [0.25, 0.3) is 0 Å². The SMILES string of the molecule is CCOc1cc([C@@H](C[N+](=O)[O-])c2c[nH]c3ccccc23)ccc1OCc1ccc(Cl)cc1Cl. The van der Waals surface area contributed by atoms with Crippen LogP contribution in [0.25, 0.3) is 10.9 Å². The van der Waals surface area contributed by atoms with Gasteiger partial charge in [0.05, 0.1) is 12.5 Å². The van der Waals surface area contributed by atoms with Crippen molar-refractivity contribution < 1.29 is 14.4 Å². The van der Waals surface area contributed by atoms with Gasteiger partial charge in [0.1, 0.15) is 6.61 Å². The molecule has 0 aliphatic carbocycles. The van der Waals surface area contributed by atoms with Crippen LogP contribution in [-0.2, 0) is 6.61 Å². The summed E-state index contributed by atoms with van der Waals surface area (Å²) in [5.74, 6) is 0.605. The lowest BCUT2D eigenvalue weighted by molar-refractivity contribution is -0.481. The second-order valence-electron chi connectivity index (χ2n) is 7.52. The Labute approximate surface area is 201 Å². The highest BCUT2D eigenvalue weighted by molar-refractivity contribution is 6.35. The van der Waals surface area contributed by atoms with E-state index in [4.69, 9.17) is 32.7 Å². The lowest BCUT2D eigenvalue weighted by Crippen LogP contribution is -2.14. The molecule has 6 nitrogen and oxygen atoms in total. The van der Waals surface area contributed by atoms with Gasteiger partial charge < -0.3 is 14.5 Å². The van der Waals surface area contributed by atoms with E-state index in [-0.39, 0.29) is 18.1 Å². The Morgan fingerprint density at radius 3 is 2.61 bits per heavy atom. The molecule has 1 heterocycles. The minimum atomic E-state index is -0.449. The van der Waals surface area contributed by atoms with Gasteiger partial charge in [0, 0.05) is 37.6 Å². The number of benzene rings is 3. The van der Waals surface area contributed by atoms with Crippen LogP contribution in [0.15, 0.2) is 66.9 Å². The van der Waals surface area contributed by atoms with Gasteiger partial charge in [-0.1, -0.05) is 53.5 Å². The van der Waals surface area contributed by atoms with Crippen LogP contribution < -0.4 is 9.47 Å². The van der Waals surface area contributed by atoms with Crippen molar-refractivity contribution in [3.05, 3.63) is 104 Å². The molecule has 170 valence electrons. The molecule has 0 saturated heterocycles. The van der Waals surface area contributed by atoms with E-state index in [0.717, 1.165) is 27.6 Å². The fourth-order valence-corrected chi connectivity index (χ4v) is 4.30. The lowest BCUT2D eigenvalue weighted by Gasteiger charge is -2.17. The Morgan fingerprint density at radius 1 is 1.03 bits per heavy atom. The third-order valence-corrected chi connectivity index (χ3v) is 5.98. The van der Waals surface area contributed by atoms with Gasteiger partial charge in [-0.05, 0) is 48.4 Å². The monoisotopic (exact) mass is 484 g/mol. The number of fused-ring (bicyclic) bond motifs is 1. The first-order chi connectivity index (χ1) is 16.0. The largest absolute Gasteiger partial charge is 0.490 e. The number of H-pyrrole nitrogens is 1. The molecule has 0 fully saturated rings. The number of nitrogens with one attached hydrogen (secondary N) is 1. The molecule has 3 aromatic carbocycles. The third kappa shape index (κ3) is 5.24. The molecular weight excluding hydrogens is 463 g/mol. The third-order valence-electron chi connectivity index (χ3n) is 5.40. The number of para-hydroxylation sites is 1. The summed E-state index contributed by atoms with van der Waals surface area (Å²) >= 11 is 12.2. The molecule has 0 amide bonds. The number of hydrogen-bond donors (Lipinski definition) is 1. The summed E-state index contributed by atoms with van der Waals surface area (Å²) < 4.78 is 11.8. The zero-order valence-corrected chi connectivity index (χ0v) is 19.4. The average Bonchev–Trinajstić information content (AvgIpc) is 3.21. The number of rotatable bonds is 9. The van der Waals surface area contributed by atoms with Gasteiger partial charge in [-0.3, -0.25) is 10.1 Å². The number of hydrogen-bond acceptors (Lipinski definition) is 4. The van der Waals surface area contributed by atoms with Crippen molar-refractivity contribution in [3.8, 4) is 11.5 Å². The minimum Gasteiger partial charge on any atom is -0.490 e. The molecule has 0 aliphatic rings. The normalized spacial score (nSPS) is 12.0. The first kappa shape index (κ1) is 23.0. The van der Waals surface area contributed by atoms with Crippen LogP contribution in [0.3, 0.4) is 0 Å². The smallest absolute Gasteiger partial charge is 0.214 e. The molecule has 0 bridgehead atoms. The summed E-state index contributed by atoms with van der Waals surface area (Å²) in [6.07, 6.45) is 1.84. The molecule has 8 heteroatoms. The number of aromatic amines is 1. The predicted octanol–water partition coefficient (Wildman–Crippen LogP) is 6.86. The Kier molecular flexibility index (Phi) is 7.06. The molecule has 1 N–H and O–H groups in total. The van der Waals surface area contributed by atoms with Gasteiger partial charge in [0.2, 0.25) is 6.54 Å². The zero-order chi connectivity index (χ0) is 23.4. The molecule has 33 heavy (non-hydrogen) atoms. The molecule has 0 radical (unpaired) electrons. The summed E-state index contributed by atoms with van der Waals surface area (Å²) in [4.78, 5) is 14.4. The fourth-order valence-electron chi connectivity index (χ4n) is 3.84. The summed E-state index contributed by atoms with van der Waals surface area (Å²) in [6.45, 7) is 2.29. The summed E-state index contributed by atoms with van der Waals surface area (Å²) in [7, 11) is 0. The van der Waals surface area contributed by atoms with Gasteiger partial charge in [0.15, 0.2) is 11.5 Å². The van der Waals surface area contributed by atoms with Gasteiger partial charge in [-0.15, -0.1) is 0 Å². The highest BCUT2D eigenvalue weighted by Crippen LogP contribution is 2.37. The molecule has 0 spiro atoms. The predicted molar refractivity (Wildman–Crippen MR) is 130 cm³/mol. The Morgan fingerprint density at radius 2 is 1.85 bits per heavy atom. The molecule has 0 aliphatic heterocycles. The van der Waals surface area contributed by atoms with Crippen LogP contribution in [0.2, 0.25) is 10.0 Å². The topological polar surface area (TPSA) is 77.4 Å². The molecular formula is C25H22Cl2N2O4. The van der Waals surface area contributed by atoms with E-state index < -0.39 is 5.92 Å². The van der Waals surface area contributed by atoms with Gasteiger partial charge in [-0.2, -0.15) is 0 Å². The second-order valence-corrected chi connectivity index (χ2v) is 8.36. The van der Waals surface area contributed by atoms with E-state index in [1.54, 1.807) is 18.2 Å². The maximum absolute atomic E-state index is 11.5. The van der Waals surface area contributed by atoms with Crippen molar-refractivity contribution in [1.29, 1.82) is 0 Å². The highest BCUT2D eigenvalue weighted by atomic mass is 35.5. The van der Waals surface area contributed by atoms with E-state index in [2.05, 4.69) is 4.98 Å². The molecule has 4 aromatic rings. The first-order valence-electron chi connectivity index (χ1n) is 10.5. The molecule has 0 saturated carbocycles. The maximum Gasteiger partial charge on any atom is 0.214 e. The number of aromatic nitrogens is 1. The van der Waals surface area contributed by atoms with Crippen molar-refractivity contribution in [1.82, 2.24) is 4.98 Å². The van der Waals surface area contributed by atoms with Crippen LogP contribution in [-0.4, -0.2) is 23.1 Å². The Balaban J connectivity index is 1.67. The Hall–Kier alpha value is -3.22. The van der Waals surface area contributed by atoms with E-state index in [9.17, 15) is 10.1 Å². The molecule has 4 rings (SSSR count). The number of nitro groups is 1. The number of ether oxygens (including phenoxy) is 2. The molecule has 0 unspecified atom stereocenters. The van der Waals surface area contributed by atoms with Crippen molar-refractivity contribution >= 4 is 34.1 Å². The number of nitrogens with zero attached hydrogens (tertiary/aromatic N) is 1. The van der Waals surface area contributed by atoms with Gasteiger partial charge in [-0.25, -0.2) is 0 Å². The van der Waals surface area contributed by atoms with E-state index in [1.165, 1.54) is 0 Å². The summed E-state index contributed by atoms with van der Waals surface area (Å²) in [5, 5.41) is 13.6. The highest BCUT2D eigenvalue weighted by Gasteiger charge is 2.24. The van der Waals surface area contributed by atoms with E-state index in [1.807, 2.05) is 55.6 Å². The van der Waals surface area contributed by atoms with Crippen LogP contribution in [0.1, 0.15) is 29.5 Å². The zero-order valence-electron chi connectivity index (χ0n) is 17.9. The fraction of sp³-hybridized carbons (Fsp3) is 0.200. The molecule has 1 atom stereocenters. The van der Waals surface area contributed by atoms with Crippen molar-refractivity contribution in [2.45, 2.75) is 19.4 Å². The maximum atomic E-state index is 11.5. The quantitative estimate of drug-likeness (QED) is 0.208. The standard InChI is InChI=1S/C25H22Cl2N2O4/c1-2-32-25-11-16(8-10-24(25)33-15-17-7-9-18(26)12-22(17)27)21(14-29(30)31)20-13-28-23-6-4-3-5-19(20)23/h3-13,21,28H,2,14-15H2,1H3/t21-/m1/s1. The number of halogens is 2. The lowest BCUT2D eigenvalue weighted by atomic mass is 9.90. The van der Waals surface area contributed by atoms with Crippen LogP contribution >= 0.6 is 23.2 Å². The van der Waals surface area contributed by atoms with E-state index in [0.29, 0.717) is 28.2 Å². The van der Waals surface area contributed by atoms with Crippen molar-refractivity contribution in [3.63, 3.8) is 0 Å². The van der Waals surface area contributed by atoms with Crippen molar-refractivity contribution in [2.75, 3.05) is 13.2 Å². The van der Waals surface area contributed by atoms with Crippen LogP contribution in [0.5, 0.6) is 11.5 Å². The Bertz CT molecular complexity index is 1290. The van der Waals surface area contributed by atoms with Crippen molar-refractivity contribution in [2.24, 2.45) is 0 Å². The summed E-state index contributed by atoms with van der Waals surface area (Å²) in [5.41, 5.74) is 3.37. The van der Waals surface area contributed by atoms with Crippen LogP contribution in [0, 0.1) is 10.1 Å². The van der Waals surface area contributed by atoms with Gasteiger partial charge >= 0.3 is 0 Å². The minimum absolute atomic E-state index is 0.232. The average molecular weight is 485 g/mol. The summed E-state index contributed by atoms with van der Waals surface area (Å²) in [6, 6.07) is 18.4. The van der Waals surface area contributed by atoms with Crippen LogP contribution in [0.4, 0.5) is 0 Å². The van der Waals surface area contributed by atoms with E-state index >= 15 is 0 Å². The molecule has 1 aromatic heterocycles. The first-order valence-corrected chi connectivity index (χ1v) is 11.2. The second kappa shape index (κ2) is 10.1.